The number of hydrogen-bond acceptors (Lipinski definition) is 3. The van der Waals surface area contributed by atoms with Crippen molar-refractivity contribution in [2.75, 3.05) is 7.11 Å². The van der Waals surface area contributed by atoms with Crippen LogP contribution in [0.4, 0.5) is 0 Å². The molecule has 116 valence electrons. The van der Waals surface area contributed by atoms with Crippen molar-refractivity contribution in [1.82, 2.24) is 4.98 Å². The molecule has 0 atom stereocenters. The lowest BCUT2D eigenvalue weighted by molar-refractivity contribution is 0.0599. The molecule has 0 spiro atoms. The van der Waals surface area contributed by atoms with Gasteiger partial charge in [0.2, 0.25) is 0 Å². The minimum Gasteiger partial charge on any atom is -0.465 e. The summed E-state index contributed by atoms with van der Waals surface area (Å²) in [5.74, 6) is -0.446. The van der Waals surface area contributed by atoms with Crippen LogP contribution in [0, 0.1) is 6.92 Å². The third kappa shape index (κ3) is 2.88. The maximum absolute atomic E-state index is 12.2. The number of aryl methyl sites for hydroxylation is 1. The first-order valence-electron chi connectivity index (χ1n) is 7.38. The lowest BCUT2D eigenvalue weighted by atomic mass is 9.98. The number of carbonyl (C=O) groups is 1. The molecular formula is C19H17NO3. The standard InChI is InChI=1S/C19H17NO3/c1-12-17(19(22)23-2)11-15(18(21)20-12)10-14-8-5-7-13-6-3-4-9-16(13)14/h3-9,11H,10H2,1-2H3,(H,20,21). The summed E-state index contributed by atoms with van der Waals surface area (Å²) in [5.41, 5.74) is 2.33. The molecule has 0 amide bonds. The van der Waals surface area contributed by atoms with Gasteiger partial charge in [-0.15, -0.1) is 0 Å². The van der Waals surface area contributed by atoms with E-state index in [0.717, 1.165) is 16.3 Å². The number of hydrogen-bond donors (Lipinski definition) is 1. The summed E-state index contributed by atoms with van der Waals surface area (Å²) in [7, 11) is 1.33. The van der Waals surface area contributed by atoms with Gasteiger partial charge in [-0.1, -0.05) is 42.5 Å². The van der Waals surface area contributed by atoms with E-state index < -0.39 is 5.97 Å². The number of aromatic nitrogens is 1. The first-order chi connectivity index (χ1) is 11.1. The fourth-order valence-electron chi connectivity index (χ4n) is 2.77. The zero-order valence-electron chi connectivity index (χ0n) is 13.1. The zero-order valence-corrected chi connectivity index (χ0v) is 13.1. The van der Waals surface area contributed by atoms with Gasteiger partial charge < -0.3 is 9.72 Å². The fourth-order valence-corrected chi connectivity index (χ4v) is 2.77. The Bertz CT molecular complexity index is 935. The number of fused-ring (bicyclic) bond motifs is 1. The Labute approximate surface area is 133 Å². The summed E-state index contributed by atoms with van der Waals surface area (Å²) in [6, 6.07) is 15.7. The van der Waals surface area contributed by atoms with Crippen molar-refractivity contribution in [3.63, 3.8) is 0 Å². The number of benzene rings is 2. The summed E-state index contributed by atoms with van der Waals surface area (Å²) in [4.78, 5) is 26.8. The second kappa shape index (κ2) is 6.08. The first kappa shape index (κ1) is 15.0. The molecule has 0 aliphatic heterocycles. The fraction of sp³-hybridized carbons (Fsp3) is 0.158. The summed E-state index contributed by atoms with van der Waals surface area (Å²) in [6.45, 7) is 1.69. The SMILES string of the molecule is COC(=O)c1cc(Cc2cccc3ccccc23)c(=O)[nH]c1C. The molecule has 3 aromatic rings. The lowest BCUT2D eigenvalue weighted by Gasteiger charge is -2.09. The van der Waals surface area contributed by atoms with Crippen LogP contribution in [0.15, 0.2) is 53.3 Å². The molecule has 1 N–H and O–H groups in total. The zero-order chi connectivity index (χ0) is 16.4. The van der Waals surface area contributed by atoms with E-state index in [2.05, 4.69) is 4.98 Å². The topological polar surface area (TPSA) is 59.2 Å². The minimum absolute atomic E-state index is 0.178. The van der Waals surface area contributed by atoms with E-state index in [1.807, 2.05) is 42.5 Å². The van der Waals surface area contributed by atoms with Crippen LogP contribution in [0.3, 0.4) is 0 Å². The molecule has 0 unspecified atom stereocenters. The highest BCUT2D eigenvalue weighted by Gasteiger charge is 2.14. The Morgan fingerprint density at radius 1 is 1.09 bits per heavy atom. The van der Waals surface area contributed by atoms with E-state index in [-0.39, 0.29) is 5.56 Å². The molecule has 4 nitrogen and oxygen atoms in total. The molecule has 1 aromatic heterocycles. The molecule has 0 fully saturated rings. The van der Waals surface area contributed by atoms with Crippen molar-refractivity contribution < 1.29 is 9.53 Å². The van der Waals surface area contributed by atoms with Gasteiger partial charge in [0.05, 0.1) is 12.7 Å². The number of ether oxygens (including phenoxy) is 1. The van der Waals surface area contributed by atoms with Gasteiger partial charge in [0.15, 0.2) is 0 Å². The van der Waals surface area contributed by atoms with E-state index in [4.69, 9.17) is 4.74 Å². The molecule has 0 radical (unpaired) electrons. The lowest BCUT2D eigenvalue weighted by Crippen LogP contribution is -2.18. The van der Waals surface area contributed by atoms with Gasteiger partial charge in [-0.3, -0.25) is 4.79 Å². The highest BCUT2D eigenvalue weighted by atomic mass is 16.5. The summed E-state index contributed by atoms with van der Waals surface area (Å²) in [5, 5.41) is 2.23. The summed E-state index contributed by atoms with van der Waals surface area (Å²) >= 11 is 0. The van der Waals surface area contributed by atoms with E-state index >= 15 is 0 Å². The largest absolute Gasteiger partial charge is 0.465 e. The van der Waals surface area contributed by atoms with Gasteiger partial charge in [0.1, 0.15) is 0 Å². The van der Waals surface area contributed by atoms with Crippen molar-refractivity contribution in [3.05, 3.63) is 81.3 Å². The Kier molecular flexibility index (Phi) is 3.98. The quantitative estimate of drug-likeness (QED) is 0.756. The number of esters is 1. The van der Waals surface area contributed by atoms with Crippen molar-refractivity contribution in [2.24, 2.45) is 0 Å². The molecule has 0 saturated heterocycles. The molecular weight excluding hydrogens is 290 g/mol. The van der Waals surface area contributed by atoms with Crippen LogP contribution in [0.2, 0.25) is 0 Å². The van der Waals surface area contributed by atoms with Crippen LogP contribution in [-0.4, -0.2) is 18.1 Å². The number of carbonyl (C=O) groups excluding carboxylic acids is 1. The van der Waals surface area contributed by atoms with Crippen LogP contribution in [-0.2, 0) is 11.2 Å². The Morgan fingerprint density at radius 2 is 1.83 bits per heavy atom. The highest BCUT2D eigenvalue weighted by molar-refractivity contribution is 5.90. The van der Waals surface area contributed by atoms with E-state index in [1.165, 1.54) is 7.11 Å². The van der Waals surface area contributed by atoms with Crippen molar-refractivity contribution in [3.8, 4) is 0 Å². The van der Waals surface area contributed by atoms with Gasteiger partial charge in [0, 0.05) is 17.7 Å². The molecule has 3 rings (SSSR count). The van der Waals surface area contributed by atoms with E-state index in [9.17, 15) is 9.59 Å². The number of nitrogens with one attached hydrogen (secondary N) is 1. The minimum atomic E-state index is -0.446. The molecule has 0 saturated carbocycles. The third-order valence-corrected chi connectivity index (χ3v) is 3.98. The monoisotopic (exact) mass is 307 g/mol. The molecule has 0 aliphatic carbocycles. The predicted octanol–water partition coefficient (Wildman–Crippen LogP) is 3.21. The molecule has 0 aliphatic rings. The highest BCUT2D eigenvalue weighted by Crippen LogP contribution is 2.21. The van der Waals surface area contributed by atoms with Crippen LogP contribution in [0.1, 0.15) is 27.2 Å². The maximum atomic E-state index is 12.2. The van der Waals surface area contributed by atoms with E-state index in [1.54, 1.807) is 13.0 Å². The van der Waals surface area contributed by atoms with Gasteiger partial charge in [-0.05, 0) is 29.3 Å². The number of H-pyrrole nitrogens is 1. The van der Waals surface area contributed by atoms with Gasteiger partial charge in [-0.2, -0.15) is 0 Å². The average Bonchev–Trinajstić information content (AvgIpc) is 2.57. The predicted molar refractivity (Wildman–Crippen MR) is 89.9 cm³/mol. The van der Waals surface area contributed by atoms with Gasteiger partial charge in [-0.25, -0.2) is 4.79 Å². The normalized spacial score (nSPS) is 10.7. The van der Waals surface area contributed by atoms with Gasteiger partial charge in [0.25, 0.3) is 5.56 Å². The first-order valence-corrected chi connectivity index (χ1v) is 7.38. The second-order valence-corrected chi connectivity index (χ2v) is 5.47. The van der Waals surface area contributed by atoms with Crippen LogP contribution < -0.4 is 5.56 Å². The summed E-state index contributed by atoms with van der Waals surface area (Å²) < 4.78 is 4.77. The number of rotatable bonds is 3. The average molecular weight is 307 g/mol. The van der Waals surface area contributed by atoms with Crippen molar-refractivity contribution in [2.45, 2.75) is 13.3 Å². The molecule has 23 heavy (non-hydrogen) atoms. The molecule has 2 aromatic carbocycles. The van der Waals surface area contributed by atoms with E-state index in [0.29, 0.717) is 23.2 Å². The van der Waals surface area contributed by atoms with Crippen LogP contribution in [0.5, 0.6) is 0 Å². The van der Waals surface area contributed by atoms with Gasteiger partial charge >= 0.3 is 5.97 Å². The summed E-state index contributed by atoms with van der Waals surface area (Å²) in [6.07, 6.45) is 0.459. The van der Waals surface area contributed by atoms with Crippen LogP contribution >= 0.6 is 0 Å². The maximum Gasteiger partial charge on any atom is 0.339 e. The number of aromatic amines is 1. The van der Waals surface area contributed by atoms with Crippen LogP contribution in [0.25, 0.3) is 10.8 Å². The van der Waals surface area contributed by atoms with Crippen molar-refractivity contribution in [1.29, 1.82) is 0 Å². The Morgan fingerprint density at radius 3 is 2.61 bits per heavy atom. The molecule has 0 bridgehead atoms. The third-order valence-electron chi connectivity index (χ3n) is 3.98. The Hall–Kier alpha value is -2.88. The second-order valence-electron chi connectivity index (χ2n) is 5.47. The van der Waals surface area contributed by atoms with Crippen molar-refractivity contribution >= 4 is 16.7 Å². The smallest absolute Gasteiger partial charge is 0.339 e. The Balaban J connectivity index is 2.09. The number of methoxy groups -OCH3 is 1. The molecule has 1 heterocycles. The molecule has 4 heteroatoms. The number of pyridine rings is 1.